The molecule has 5 nitrogen and oxygen atoms in total. The number of benzene rings is 2. The molecule has 3 rings (SSSR count). The number of fused-ring (bicyclic) bond motifs is 1. The molecule has 0 amide bonds. The van der Waals surface area contributed by atoms with E-state index in [1.807, 2.05) is 18.2 Å². The van der Waals surface area contributed by atoms with Crippen molar-refractivity contribution in [1.82, 2.24) is 0 Å². The van der Waals surface area contributed by atoms with E-state index in [0.717, 1.165) is 0 Å². The predicted molar refractivity (Wildman–Crippen MR) is 78.5 cm³/mol. The fourth-order valence-electron chi connectivity index (χ4n) is 2.36. The first-order valence-corrected chi connectivity index (χ1v) is 6.92. The fraction of sp³-hybridized carbons (Fsp3) is 0.176. The zero-order valence-corrected chi connectivity index (χ0v) is 11.7. The van der Waals surface area contributed by atoms with Crippen molar-refractivity contribution in [3.63, 3.8) is 0 Å². The molecule has 0 saturated carbocycles. The van der Waals surface area contributed by atoms with Crippen molar-refractivity contribution in [2.45, 2.75) is 6.42 Å². The van der Waals surface area contributed by atoms with Gasteiger partial charge in [-0.25, -0.2) is 0 Å². The first-order chi connectivity index (χ1) is 10.6. The van der Waals surface area contributed by atoms with E-state index in [9.17, 15) is 9.59 Å². The molecule has 0 saturated heterocycles. The minimum absolute atomic E-state index is 0.164. The van der Waals surface area contributed by atoms with Crippen LogP contribution in [0.5, 0.6) is 17.2 Å². The molecule has 2 aromatic rings. The summed E-state index contributed by atoms with van der Waals surface area (Å²) in [6.07, 6.45) is 0.164. The molecule has 0 fully saturated rings. The maximum Gasteiger partial charge on any atom is 0.314 e. The Hall–Kier alpha value is -2.82. The molecule has 22 heavy (non-hydrogen) atoms. The van der Waals surface area contributed by atoms with Gasteiger partial charge in [0.2, 0.25) is 0 Å². The zero-order chi connectivity index (χ0) is 15.5. The van der Waals surface area contributed by atoms with Gasteiger partial charge in [-0.3, -0.25) is 9.59 Å². The molecule has 1 aliphatic rings. The third-order valence-electron chi connectivity index (χ3n) is 3.47. The lowest BCUT2D eigenvalue weighted by atomic mass is 9.95. The second-order valence-corrected chi connectivity index (χ2v) is 4.97. The van der Waals surface area contributed by atoms with Crippen LogP contribution in [0.15, 0.2) is 48.5 Å². The lowest BCUT2D eigenvalue weighted by molar-refractivity contribution is -0.140. The molecule has 0 radical (unpaired) electrons. The highest BCUT2D eigenvalue weighted by molar-refractivity contribution is 6.10. The number of Topliss-reactive ketones (excluding diaryl/α,β-unsaturated/α-hetero) is 1. The van der Waals surface area contributed by atoms with Gasteiger partial charge in [-0.15, -0.1) is 0 Å². The van der Waals surface area contributed by atoms with Gasteiger partial charge in [-0.05, 0) is 30.3 Å². The maximum atomic E-state index is 12.4. The Bertz CT molecular complexity index is 708. The SMILES string of the molecule is O=C(O)C1CCOc2ccc(Oc3ccccc3)cc2C1=O. The number of carboxylic acid groups (broad SMARTS) is 1. The van der Waals surface area contributed by atoms with Gasteiger partial charge < -0.3 is 14.6 Å². The van der Waals surface area contributed by atoms with Gasteiger partial charge in [0, 0.05) is 6.42 Å². The van der Waals surface area contributed by atoms with Crippen LogP contribution >= 0.6 is 0 Å². The van der Waals surface area contributed by atoms with E-state index < -0.39 is 17.7 Å². The molecular weight excluding hydrogens is 284 g/mol. The third kappa shape index (κ3) is 2.79. The van der Waals surface area contributed by atoms with E-state index in [1.54, 1.807) is 24.3 Å². The topological polar surface area (TPSA) is 72.8 Å². The molecule has 0 aliphatic carbocycles. The van der Waals surface area contributed by atoms with E-state index in [4.69, 9.17) is 14.6 Å². The molecule has 0 spiro atoms. The molecule has 1 N–H and O–H groups in total. The number of hydrogen-bond acceptors (Lipinski definition) is 4. The summed E-state index contributed by atoms with van der Waals surface area (Å²) in [6, 6.07) is 14.0. The summed E-state index contributed by atoms with van der Waals surface area (Å²) in [7, 11) is 0. The number of rotatable bonds is 3. The second-order valence-electron chi connectivity index (χ2n) is 4.97. The van der Waals surface area contributed by atoms with Crippen LogP contribution in [-0.2, 0) is 4.79 Å². The van der Waals surface area contributed by atoms with Crippen LogP contribution in [0.1, 0.15) is 16.8 Å². The number of carbonyl (C=O) groups is 2. The van der Waals surface area contributed by atoms with Crippen LogP contribution in [0.2, 0.25) is 0 Å². The molecule has 1 aliphatic heterocycles. The van der Waals surface area contributed by atoms with Gasteiger partial charge >= 0.3 is 5.97 Å². The third-order valence-corrected chi connectivity index (χ3v) is 3.47. The van der Waals surface area contributed by atoms with Gasteiger partial charge in [0.1, 0.15) is 23.2 Å². The number of aliphatic carboxylic acids is 1. The second kappa shape index (κ2) is 5.89. The first-order valence-electron chi connectivity index (χ1n) is 6.92. The number of ketones is 1. The number of para-hydroxylation sites is 1. The molecule has 0 bridgehead atoms. The van der Waals surface area contributed by atoms with Crippen molar-refractivity contribution in [2.75, 3.05) is 6.61 Å². The van der Waals surface area contributed by atoms with Crippen LogP contribution in [-0.4, -0.2) is 23.5 Å². The Morgan fingerprint density at radius 1 is 1.14 bits per heavy atom. The highest BCUT2D eigenvalue weighted by Gasteiger charge is 2.32. The van der Waals surface area contributed by atoms with Crippen LogP contribution in [0.25, 0.3) is 0 Å². The standard InChI is InChI=1S/C17H14O5/c18-16-13(17(19)20)8-9-21-15-7-6-12(10-14(15)16)22-11-4-2-1-3-5-11/h1-7,10,13H,8-9H2,(H,19,20). The summed E-state index contributed by atoms with van der Waals surface area (Å²) in [5, 5.41) is 9.16. The molecule has 112 valence electrons. The number of carboxylic acids is 1. The van der Waals surface area contributed by atoms with E-state index in [2.05, 4.69) is 0 Å². The number of hydrogen-bond donors (Lipinski definition) is 1. The van der Waals surface area contributed by atoms with E-state index in [1.165, 1.54) is 6.07 Å². The Labute approximate surface area is 127 Å². The Balaban J connectivity index is 1.93. The van der Waals surface area contributed by atoms with Gasteiger partial charge in [0.15, 0.2) is 5.78 Å². The number of carbonyl (C=O) groups excluding carboxylic acids is 1. The predicted octanol–water partition coefficient (Wildman–Crippen LogP) is 3.14. The van der Waals surface area contributed by atoms with Gasteiger partial charge in [-0.2, -0.15) is 0 Å². The average molecular weight is 298 g/mol. The largest absolute Gasteiger partial charge is 0.493 e. The van der Waals surface area contributed by atoms with Crippen molar-refractivity contribution in [1.29, 1.82) is 0 Å². The lowest BCUT2D eigenvalue weighted by Crippen LogP contribution is -2.23. The normalized spacial score (nSPS) is 17.1. The fourth-order valence-corrected chi connectivity index (χ4v) is 2.36. The van der Waals surface area contributed by atoms with Crippen molar-refractivity contribution >= 4 is 11.8 Å². The molecule has 0 aromatic heterocycles. The highest BCUT2D eigenvalue weighted by atomic mass is 16.5. The van der Waals surface area contributed by atoms with Gasteiger partial charge in [0.25, 0.3) is 0 Å². The average Bonchev–Trinajstić information content (AvgIpc) is 2.68. The van der Waals surface area contributed by atoms with Crippen LogP contribution < -0.4 is 9.47 Å². The van der Waals surface area contributed by atoms with E-state index in [0.29, 0.717) is 17.2 Å². The summed E-state index contributed by atoms with van der Waals surface area (Å²) in [5.41, 5.74) is 0.248. The zero-order valence-electron chi connectivity index (χ0n) is 11.7. The van der Waals surface area contributed by atoms with Gasteiger partial charge in [0.05, 0.1) is 12.2 Å². The highest BCUT2D eigenvalue weighted by Crippen LogP contribution is 2.32. The van der Waals surface area contributed by atoms with Crippen molar-refractivity contribution in [2.24, 2.45) is 5.92 Å². The summed E-state index contributed by atoms with van der Waals surface area (Å²) in [6.45, 7) is 0.203. The smallest absolute Gasteiger partial charge is 0.314 e. The van der Waals surface area contributed by atoms with Crippen molar-refractivity contribution in [3.8, 4) is 17.2 Å². The molecule has 5 heteroatoms. The summed E-state index contributed by atoms with van der Waals surface area (Å²) < 4.78 is 11.1. The molecule has 2 aromatic carbocycles. The lowest BCUT2D eigenvalue weighted by Gasteiger charge is -2.10. The first kappa shape index (κ1) is 14.1. The van der Waals surface area contributed by atoms with Crippen LogP contribution in [0.4, 0.5) is 0 Å². The van der Waals surface area contributed by atoms with Crippen LogP contribution in [0, 0.1) is 5.92 Å². The molecule has 1 heterocycles. The van der Waals surface area contributed by atoms with Gasteiger partial charge in [-0.1, -0.05) is 18.2 Å². The van der Waals surface area contributed by atoms with Crippen LogP contribution in [0.3, 0.4) is 0 Å². The Kier molecular flexibility index (Phi) is 3.78. The quantitative estimate of drug-likeness (QED) is 0.881. The summed E-state index contributed by atoms with van der Waals surface area (Å²) in [4.78, 5) is 23.6. The summed E-state index contributed by atoms with van der Waals surface area (Å²) >= 11 is 0. The summed E-state index contributed by atoms with van der Waals surface area (Å²) in [5.74, 6) is -1.15. The molecule has 1 atom stereocenters. The van der Waals surface area contributed by atoms with E-state index in [-0.39, 0.29) is 18.6 Å². The Morgan fingerprint density at radius 2 is 1.91 bits per heavy atom. The van der Waals surface area contributed by atoms with Crippen molar-refractivity contribution in [3.05, 3.63) is 54.1 Å². The monoisotopic (exact) mass is 298 g/mol. The van der Waals surface area contributed by atoms with E-state index >= 15 is 0 Å². The molecular formula is C17H14O5. The van der Waals surface area contributed by atoms with Crippen molar-refractivity contribution < 1.29 is 24.2 Å². The minimum atomic E-state index is -1.13. The number of ether oxygens (including phenoxy) is 2. The minimum Gasteiger partial charge on any atom is -0.493 e. The maximum absolute atomic E-state index is 12.4. The molecule has 1 unspecified atom stereocenters. The Morgan fingerprint density at radius 3 is 2.64 bits per heavy atom.